The fourth-order valence-electron chi connectivity index (χ4n) is 2.64. The molecule has 9 heteroatoms. The average molecular weight is 436 g/mol. The molecule has 1 atom stereocenters. The van der Waals surface area contributed by atoms with Crippen LogP contribution in [-0.4, -0.2) is 16.7 Å². The zero-order chi connectivity index (χ0) is 22.1. The summed E-state index contributed by atoms with van der Waals surface area (Å²) >= 11 is 6.28. The lowest BCUT2D eigenvalue weighted by molar-refractivity contribution is 0.0499. The Balaban J connectivity index is 2.10. The number of rotatable bonds is 3. The molecule has 1 N–H and O–H groups in total. The summed E-state index contributed by atoms with van der Waals surface area (Å²) in [6, 6.07) is 7.18. The molecular weight excluding hydrogens is 416 g/mol. The summed E-state index contributed by atoms with van der Waals surface area (Å²) in [5, 5.41) is 3.31. The number of halogens is 3. The molecule has 0 saturated carbocycles. The molecule has 0 spiro atoms. The fraction of sp³-hybridized carbons (Fsp3) is 0.286. The highest BCUT2D eigenvalue weighted by Gasteiger charge is 2.21. The first kappa shape index (κ1) is 21.7. The zero-order valence-electron chi connectivity index (χ0n) is 16.8. The van der Waals surface area contributed by atoms with E-state index in [9.17, 15) is 13.6 Å². The lowest BCUT2D eigenvalue weighted by atomic mass is 10.2. The van der Waals surface area contributed by atoms with Crippen LogP contribution in [0.5, 0.6) is 0 Å². The molecule has 0 aliphatic rings. The van der Waals surface area contributed by atoms with Gasteiger partial charge in [0.2, 0.25) is 11.4 Å². The molecule has 0 saturated heterocycles. The number of alkyl carbamates (subject to hydrolysis) is 1. The number of amides is 1. The van der Waals surface area contributed by atoms with E-state index in [1.54, 1.807) is 45.9 Å². The maximum atomic E-state index is 13.6. The van der Waals surface area contributed by atoms with E-state index in [-0.39, 0.29) is 17.1 Å². The van der Waals surface area contributed by atoms with Crippen molar-refractivity contribution in [1.29, 1.82) is 0 Å². The Bertz CT molecular complexity index is 1150. The van der Waals surface area contributed by atoms with Gasteiger partial charge in [0.15, 0.2) is 0 Å². The van der Waals surface area contributed by atoms with Crippen LogP contribution >= 0.6 is 11.6 Å². The van der Waals surface area contributed by atoms with Gasteiger partial charge in [-0.2, -0.15) is 0 Å². The molecule has 1 heterocycles. The molecule has 0 radical (unpaired) electrons. The van der Waals surface area contributed by atoms with Gasteiger partial charge in [-0.3, -0.25) is 0 Å². The van der Waals surface area contributed by atoms with Crippen LogP contribution in [0.1, 0.15) is 39.6 Å². The maximum absolute atomic E-state index is 13.6. The summed E-state index contributed by atoms with van der Waals surface area (Å²) in [6.07, 6.45) is -0.649. The molecule has 6 nitrogen and oxygen atoms in total. The van der Waals surface area contributed by atoms with Crippen LogP contribution in [0.25, 0.3) is 10.9 Å². The molecule has 0 aliphatic carbocycles. The first-order chi connectivity index (χ1) is 14.0. The molecule has 3 aromatic rings. The summed E-state index contributed by atoms with van der Waals surface area (Å²) in [7, 11) is 0. The van der Waals surface area contributed by atoms with Gasteiger partial charge in [-0.1, -0.05) is 17.7 Å². The zero-order valence-corrected chi connectivity index (χ0v) is 17.6. The van der Waals surface area contributed by atoms with Crippen LogP contribution in [-0.2, 0) is 4.74 Å². The number of ether oxygens (including phenoxy) is 1. The highest BCUT2D eigenvalue weighted by atomic mass is 35.5. The van der Waals surface area contributed by atoms with E-state index < -0.39 is 29.4 Å². The average Bonchev–Trinajstić information content (AvgIpc) is 2.58. The smallest absolute Gasteiger partial charge is 0.408 e. The first-order valence-electron chi connectivity index (χ1n) is 9.11. The number of carbonyl (C=O) groups is 1. The van der Waals surface area contributed by atoms with Crippen molar-refractivity contribution in [3.63, 3.8) is 0 Å². The largest absolute Gasteiger partial charge is 0.444 e. The van der Waals surface area contributed by atoms with Gasteiger partial charge in [-0.25, -0.2) is 23.6 Å². The minimum Gasteiger partial charge on any atom is -0.444 e. The van der Waals surface area contributed by atoms with Crippen molar-refractivity contribution < 1.29 is 22.7 Å². The number of nitrogens with one attached hydrogen (secondary N) is 1. The molecule has 1 aromatic heterocycles. The molecule has 3 rings (SSSR count). The number of hydrogen-bond acceptors (Lipinski definition) is 5. The standard InChI is InChI=1S/C21H20ClF2N3O3/c1-11(25-20(28)30-21(2,3)4)18-27-16-7-5-6-15(22)17(16)19(29-18)26-14-9-12(23)8-13(24)10-14/h5-11H,1-4H3,(H,25,28)/b26-19+. The van der Waals surface area contributed by atoms with E-state index in [1.807, 2.05) is 0 Å². The third-order valence-electron chi connectivity index (χ3n) is 3.82. The molecule has 158 valence electrons. The van der Waals surface area contributed by atoms with Gasteiger partial charge >= 0.3 is 6.09 Å². The van der Waals surface area contributed by atoms with Gasteiger partial charge in [-0.05, 0) is 52.0 Å². The van der Waals surface area contributed by atoms with Gasteiger partial charge in [0.05, 0.1) is 21.6 Å². The highest BCUT2D eigenvalue weighted by molar-refractivity contribution is 6.35. The van der Waals surface area contributed by atoms with E-state index >= 15 is 0 Å². The van der Waals surface area contributed by atoms with Crippen LogP contribution in [0.15, 0.2) is 45.8 Å². The van der Waals surface area contributed by atoms with Crippen molar-refractivity contribution in [3.05, 3.63) is 64.5 Å². The number of fused-ring (bicyclic) bond motifs is 1. The number of aromatic nitrogens is 1. The van der Waals surface area contributed by atoms with Crippen molar-refractivity contribution >= 4 is 34.3 Å². The predicted molar refractivity (Wildman–Crippen MR) is 108 cm³/mol. The number of carbonyl (C=O) groups excluding carboxylic acids is 1. The lowest BCUT2D eigenvalue weighted by Gasteiger charge is -2.21. The van der Waals surface area contributed by atoms with Crippen LogP contribution in [0.4, 0.5) is 19.3 Å². The fourth-order valence-corrected chi connectivity index (χ4v) is 2.89. The number of benzene rings is 2. The molecule has 1 amide bonds. The predicted octanol–water partition coefficient (Wildman–Crippen LogP) is 5.58. The Morgan fingerprint density at radius 1 is 1.23 bits per heavy atom. The second kappa shape index (κ2) is 8.39. The summed E-state index contributed by atoms with van der Waals surface area (Å²) in [6.45, 7) is 6.88. The maximum Gasteiger partial charge on any atom is 0.408 e. The van der Waals surface area contributed by atoms with Gasteiger partial charge in [-0.15, -0.1) is 0 Å². The van der Waals surface area contributed by atoms with Crippen molar-refractivity contribution in [2.75, 3.05) is 0 Å². The third-order valence-corrected chi connectivity index (χ3v) is 4.13. The van der Waals surface area contributed by atoms with E-state index in [0.717, 1.165) is 18.2 Å². The van der Waals surface area contributed by atoms with E-state index in [2.05, 4.69) is 15.3 Å². The van der Waals surface area contributed by atoms with Crippen LogP contribution < -0.4 is 10.9 Å². The first-order valence-corrected chi connectivity index (χ1v) is 9.49. The molecule has 1 unspecified atom stereocenters. The number of nitrogens with zero attached hydrogens (tertiary/aromatic N) is 2. The van der Waals surface area contributed by atoms with Crippen molar-refractivity contribution in [1.82, 2.24) is 10.3 Å². The van der Waals surface area contributed by atoms with Crippen molar-refractivity contribution in [2.45, 2.75) is 39.3 Å². The SMILES string of the molecule is CC(NC(=O)OC(C)(C)C)c1nc2cccc(Cl)c2/c(=N\c2cc(F)cc(F)c2)o1. The Morgan fingerprint density at radius 2 is 1.90 bits per heavy atom. The topological polar surface area (TPSA) is 76.7 Å². The van der Waals surface area contributed by atoms with Gasteiger partial charge in [0.25, 0.3) is 0 Å². The molecule has 2 aromatic carbocycles. The van der Waals surface area contributed by atoms with Crippen molar-refractivity contribution in [2.24, 2.45) is 4.99 Å². The van der Waals surface area contributed by atoms with Crippen molar-refractivity contribution in [3.8, 4) is 0 Å². The normalized spacial score (nSPS) is 13.4. The molecule has 0 fully saturated rings. The van der Waals surface area contributed by atoms with Crippen LogP contribution in [0.3, 0.4) is 0 Å². The molecule has 0 aliphatic heterocycles. The summed E-state index contributed by atoms with van der Waals surface area (Å²) < 4.78 is 38.2. The molecule has 0 bridgehead atoms. The molecule has 30 heavy (non-hydrogen) atoms. The molecular formula is C21H20ClF2N3O3. The second-order valence-electron chi connectivity index (χ2n) is 7.60. The third kappa shape index (κ3) is 5.33. The minimum atomic E-state index is -0.779. The Kier molecular flexibility index (Phi) is 6.07. The highest BCUT2D eigenvalue weighted by Crippen LogP contribution is 2.22. The van der Waals surface area contributed by atoms with Crippen LogP contribution in [0, 0.1) is 11.6 Å². The summed E-state index contributed by atoms with van der Waals surface area (Å²) in [5.74, 6) is -1.44. The Morgan fingerprint density at radius 3 is 2.53 bits per heavy atom. The monoisotopic (exact) mass is 435 g/mol. The van der Waals surface area contributed by atoms with Gasteiger partial charge in [0, 0.05) is 6.07 Å². The van der Waals surface area contributed by atoms with E-state index in [1.165, 1.54) is 0 Å². The van der Waals surface area contributed by atoms with Gasteiger partial charge in [0.1, 0.15) is 23.3 Å². The second-order valence-corrected chi connectivity index (χ2v) is 8.01. The quantitative estimate of drug-likeness (QED) is 0.582. The summed E-state index contributed by atoms with van der Waals surface area (Å²) in [5.41, 5.74) is -0.226. The Hall–Kier alpha value is -3.00. The van der Waals surface area contributed by atoms with E-state index in [4.69, 9.17) is 20.8 Å². The Labute approximate surface area is 176 Å². The number of hydrogen-bond donors (Lipinski definition) is 1. The summed E-state index contributed by atoms with van der Waals surface area (Å²) in [4.78, 5) is 20.7. The minimum absolute atomic E-state index is 0.00220. The van der Waals surface area contributed by atoms with Gasteiger partial charge < -0.3 is 14.5 Å². The lowest BCUT2D eigenvalue weighted by Crippen LogP contribution is -2.34. The van der Waals surface area contributed by atoms with E-state index in [0.29, 0.717) is 15.9 Å². The van der Waals surface area contributed by atoms with Crippen LogP contribution in [0.2, 0.25) is 5.02 Å².